The Bertz CT molecular complexity index is 1170. The van der Waals surface area contributed by atoms with Crippen LogP contribution in [-0.2, 0) is 19.6 Å². The van der Waals surface area contributed by atoms with Gasteiger partial charge >= 0.3 is 5.97 Å². The molecule has 0 bridgehead atoms. The fourth-order valence-corrected chi connectivity index (χ4v) is 6.09. The topological polar surface area (TPSA) is 102 Å². The lowest BCUT2D eigenvalue weighted by atomic mass is 9.94. The summed E-state index contributed by atoms with van der Waals surface area (Å²) in [4.78, 5) is 24.8. The first-order valence-corrected chi connectivity index (χ1v) is 12.7. The molecule has 1 saturated heterocycles. The molecule has 1 aliphatic heterocycles. The Morgan fingerprint density at radius 1 is 1.09 bits per heavy atom. The van der Waals surface area contributed by atoms with Crippen LogP contribution in [0.1, 0.15) is 41.8 Å². The van der Waals surface area contributed by atoms with E-state index in [1.807, 2.05) is 39.8 Å². The first-order valence-electron chi connectivity index (χ1n) is 11.2. The number of benzene rings is 2. The third kappa shape index (κ3) is 5.77. The van der Waals surface area contributed by atoms with Gasteiger partial charge in [0.05, 0.1) is 12.7 Å². The quantitative estimate of drug-likeness (QED) is 0.595. The highest BCUT2D eigenvalue weighted by molar-refractivity contribution is 7.89. The molecule has 9 heteroatoms. The molecule has 2 unspecified atom stereocenters. The second-order valence-electron chi connectivity index (χ2n) is 9.01. The molecule has 1 aliphatic rings. The molecule has 2 aromatic carbocycles. The Balaban J connectivity index is 1.75. The van der Waals surface area contributed by atoms with E-state index >= 15 is 0 Å². The highest BCUT2D eigenvalue weighted by Crippen LogP contribution is 2.32. The highest BCUT2D eigenvalue weighted by atomic mass is 32.2. The van der Waals surface area contributed by atoms with Crippen molar-refractivity contribution in [2.75, 3.05) is 32.1 Å². The molecule has 8 nitrogen and oxygen atoms in total. The van der Waals surface area contributed by atoms with Crippen LogP contribution in [0.2, 0.25) is 0 Å². The first kappa shape index (κ1) is 25.7. The van der Waals surface area contributed by atoms with Crippen molar-refractivity contribution in [1.82, 2.24) is 4.31 Å². The number of esters is 1. The predicted octanol–water partition coefficient (Wildman–Crippen LogP) is 3.77. The van der Waals surface area contributed by atoms with Crippen LogP contribution in [-0.4, -0.2) is 51.4 Å². The number of hydrogen-bond donors (Lipinski definition) is 1. The minimum atomic E-state index is -3.89. The van der Waals surface area contributed by atoms with E-state index in [9.17, 15) is 18.0 Å². The predicted molar refractivity (Wildman–Crippen MR) is 130 cm³/mol. The van der Waals surface area contributed by atoms with Gasteiger partial charge in [-0.3, -0.25) is 4.79 Å². The number of rotatable bonds is 7. The summed E-state index contributed by atoms with van der Waals surface area (Å²) in [6.07, 6.45) is 0.958. The van der Waals surface area contributed by atoms with Crippen LogP contribution in [0.15, 0.2) is 41.3 Å². The molecule has 1 N–H and O–H groups in total. The molecule has 0 aromatic heterocycles. The van der Waals surface area contributed by atoms with E-state index in [1.165, 1.54) is 29.6 Å². The van der Waals surface area contributed by atoms with Crippen molar-refractivity contribution >= 4 is 27.6 Å². The Kier molecular flexibility index (Phi) is 7.99. The van der Waals surface area contributed by atoms with Crippen molar-refractivity contribution in [3.63, 3.8) is 0 Å². The lowest BCUT2D eigenvalue weighted by molar-refractivity contribution is -0.119. The Morgan fingerprint density at radius 2 is 1.76 bits per heavy atom. The first-order chi connectivity index (χ1) is 16.0. The van der Waals surface area contributed by atoms with Gasteiger partial charge in [0, 0.05) is 18.8 Å². The zero-order valence-electron chi connectivity index (χ0n) is 20.3. The van der Waals surface area contributed by atoms with Crippen LogP contribution in [0.3, 0.4) is 0 Å². The number of methoxy groups -OCH3 is 1. The third-order valence-electron chi connectivity index (χ3n) is 6.07. The SMILES string of the molecule is COc1ccc(C(=O)OCC(=O)Nc2cccc(C)c2C)cc1S(=O)(=O)N1CC(C)CC(C)C1. The van der Waals surface area contributed by atoms with Gasteiger partial charge in [-0.1, -0.05) is 26.0 Å². The number of aryl methyl sites for hydroxylation is 1. The van der Waals surface area contributed by atoms with E-state index < -0.39 is 28.5 Å². The van der Waals surface area contributed by atoms with Crippen molar-refractivity contribution in [3.05, 3.63) is 53.1 Å². The fraction of sp³-hybridized carbons (Fsp3) is 0.440. The lowest BCUT2D eigenvalue weighted by Crippen LogP contribution is -2.42. The summed E-state index contributed by atoms with van der Waals surface area (Å²) in [5.41, 5.74) is 2.62. The second kappa shape index (κ2) is 10.6. The van der Waals surface area contributed by atoms with Crippen molar-refractivity contribution < 1.29 is 27.5 Å². The summed E-state index contributed by atoms with van der Waals surface area (Å²) in [7, 11) is -2.51. The minimum absolute atomic E-state index is 0.0250. The van der Waals surface area contributed by atoms with Crippen LogP contribution in [0, 0.1) is 25.7 Å². The van der Waals surface area contributed by atoms with Gasteiger partial charge < -0.3 is 14.8 Å². The number of piperidine rings is 1. The van der Waals surface area contributed by atoms with Crippen LogP contribution in [0.5, 0.6) is 5.75 Å². The molecule has 0 spiro atoms. The maximum Gasteiger partial charge on any atom is 0.338 e. The Labute approximate surface area is 201 Å². The Morgan fingerprint density at radius 3 is 2.41 bits per heavy atom. The number of carbonyl (C=O) groups excluding carboxylic acids is 2. The number of sulfonamides is 1. The number of anilines is 1. The third-order valence-corrected chi connectivity index (χ3v) is 7.92. The maximum absolute atomic E-state index is 13.4. The number of nitrogens with zero attached hydrogens (tertiary/aromatic N) is 1. The normalized spacial score (nSPS) is 18.9. The molecule has 1 fully saturated rings. The molecule has 3 rings (SSSR count). The van der Waals surface area contributed by atoms with E-state index in [4.69, 9.17) is 9.47 Å². The zero-order valence-corrected chi connectivity index (χ0v) is 21.1. The molecule has 0 aliphatic carbocycles. The molecule has 184 valence electrons. The number of hydrogen-bond acceptors (Lipinski definition) is 6. The molecule has 2 atom stereocenters. The zero-order chi connectivity index (χ0) is 25.0. The van der Waals surface area contributed by atoms with E-state index in [0.29, 0.717) is 18.8 Å². The van der Waals surface area contributed by atoms with Gasteiger partial charge in [-0.15, -0.1) is 0 Å². The summed E-state index contributed by atoms with van der Waals surface area (Å²) >= 11 is 0. The van der Waals surface area contributed by atoms with Gasteiger partial charge in [0.2, 0.25) is 10.0 Å². The molecular formula is C25H32N2O6S. The number of ether oxygens (including phenoxy) is 2. The monoisotopic (exact) mass is 488 g/mol. The van der Waals surface area contributed by atoms with Gasteiger partial charge in [0.1, 0.15) is 10.6 Å². The van der Waals surface area contributed by atoms with Crippen molar-refractivity contribution in [3.8, 4) is 5.75 Å². The summed E-state index contributed by atoms with van der Waals surface area (Å²) < 4.78 is 38.7. The molecule has 0 radical (unpaired) electrons. The van der Waals surface area contributed by atoms with Gasteiger partial charge in [0.15, 0.2) is 6.61 Å². The van der Waals surface area contributed by atoms with Crippen molar-refractivity contribution in [2.45, 2.75) is 39.0 Å². The molecule has 0 saturated carbocycles. The number of carbonyl (C=O) groups is 2. The number of amides is 1. The average molecular weight is 489 g/mol. The molecule has 1 heterocycles. The van der Waals surface area contributed by atoms with Crippen molar-refractivity contribution in [2.24, 2.45) is 11.8 Å². The van der Waals surface area contributed by atoms with E-state index in [2.05, 4.69) is 5.32 Å². The molecular weight excluding hydrogens is 456 g/mol. The van der Waals surface area contributed by atoms with Gasteiger partial charge in [-0.25, -0.2) is 13.2 Å². The second-order valence-corrected chi connectivity index (χ2v) is 10.9. The fourth-order valence-electron chi connectivity index (χ4n) is 4.23. The van der Waals surface area contributed by atoms with Crippen LogP contribution >= 0.6 is 0 Å². The van der Waals surface area contributed by atoms with Gasteiger partial charge in [0.25, 0.3) is 5.91 Å². The molecule has 1 amide bonds. The van der Waals surface area contributed by atoms with Crippen LogP contribution < -0.4 is 10.1 Å². The van der Waals surface area contributed by atoms with E-state index in [-0.39, 0.29) is 28.0 Å². The summed E-state index contributed by atoms with van der Waals surface area (Å²) in [5, 5.41) is 2.72. The van der Waals surface area contributed by atoms with Crippen LogP contribution in [0.25, 0.3) is 0 Å². The molecule has 34 heavy (non-hydrogen) atoms. The van der Waals surface area contributed by atoms with E-state index in [0.717, 1.165) is 17.5 Å². The van der Waals surface area contributed by atoms with Crippen molar-refractivity contribution in [1.29, 1.82) is 0 Å². The summed E-state index contributed by atoms with van der Waals surface area (Å²) in [6.45, 7) is 8.18. The summed E-state index contributed by atoms with van der Waals surface area (Å²) in [5.74, 6) is -0.674. The van der Waals surface area contributed by atoms with Gasteiger partial charge in [-0.2, -0.15) is 4.31 Å². The molecule has 2 aromatic rings. The minimum Gasteiger partial charge on any atom is -0.495 e. The smallest absolute Gasteiger partial charge is 0.338 e. The van der Waals surface area contributed by atoms with Gasteiger partial charge in [-0.05, 0) is 67.5 Å². The average Bonchev–Trinajstić information content (AvgIpc) is 2.79. The number of nitrogens with one attached hydrogen (secondary N) is 1. The lowest BCUT2D eigenvalue weighted by Gasteiger charge is -2.34. The maximum atomic E-state index is 13.4. The largest absolute Gasteiger partial charge is 0.495 e. The van der Waals surface area contributed by atoms with E-state index in [1.54, 1.807) is 6.07 Å². The van der Waals surface area contributed by atoms with Crippen LogP contribution in [0.4, 0.5) is 5.69 Å². The Hall–Kier alpha value is -2.91. The highest BCUT2D eigenvalue weighted by Gasteiger charge is 2.34. The summed E-state index contributed by atoms with van der Waals surface area (Å²) in [6, 6.07) is 9.63. The standard InChI is InChI=1S/C25H32N2O6S/c1-16-11-17(2)14-27(13-16)34(30,31)23-12-20(9-10-22(23)32-5)25(29)33-15-24(28)26-21-8-6-7-18(3)19(21)4/h6-10,12,16-17H,11,13-15H2,1-5H3,(H,26,28).